The zero-order chi connectivity index (χ0) is 10.7. The number of rotatable bonds is 3. The van der Waals surface area contributed by atoms with Crippen LogP contribution in [0.15, 0.2) is 24.3 Å². The van der Waals surface area contributed by atoms with Crippen molar-refractivity contribution in [2.45, 2.75) is 18.8 Å². The van der Waals surface area contributed by atoms with Crippen LogP contribution in [0.1, 0.15) is 5.56 Å². The van der Waals surface area contributed by atoms with E-state index >= 15 is 0 Å². The lowest BCUT2D eigenvalue weighted by Crippen LogP contribution is -2.17. The molecule has 1 aliphatic heterocycles. The summed E-state index contributed by atoms with van der Waals surface area (Å²) in [5, 5.41) is 18.0. The Hall–Kier alpha value is -1.10. The molecule has 1 fully saturated rings. The zero-order valence-corrected chi connectivity index (χ0v) is 8.30. The molecule has 1 heterocycles. The molecule has 0 bridgehead atoms. The standard InChI is InChI=1S/C11H14O4/c12-6-10-7-14-11(15-10)5-8-1-3-9(13)4-2-8/h1-4,10-13H,5-7H2. The van der Waals surface area contributed by atoms with Crippen LogP contribution in [-0.4, -0.2) is 35.8 Å². The Bertz CT molecular complexity index is 309. The van der Waals surface area contributed by atoms with Crippen LogP contribution in [0.5, 0.6) is 5.75 Å². The van der Waals surface area contributed by atoms with Gasteiger partial charge in [0.15, 0.2) is 6.29 Å². The van der Waals surface area contributed by atoms with Gasteiger partial charge in [0, 0.05) is 6.42 Å². The van der Waals surface area contributed by atoms with Crippen LogP contribution in [0.2, 0.25) is 0 Å². The van der Waals surface area contributed by atoms with Gasteiger partial charge in [0.05, 0.1) is 13.2 Å². The lowest BCUT2D eigenvalue weighted by Gasteiger charge is -2.10. The smallest absolute Gasteiger partial charge is 0.162 e. The minimum Gasteiger partial charge on any atom is -0.508 e. The molecule has 1 saturated heterocycles. The molecule has 2 rings (SSSR count). The van der Waals surface area contributed by atoms with Crippen molar-refractivity contribution >= 4 is 0 Å². The summed E-state index contributed by atoms with van der Waals surface area (Å²) in [4.78, 5) is 0. The molecule has 0 spiro atoms. The van der Waals surface area contributed by atoms with E-state index in [9.17, 15) is 0 Å². The highest BCUT2D eigenvalue weighted by molar-refractivity contribution is 5.26. The van der Waals surface area contributed by atoms with Gasteiger partial charge in [0.1, 0.15) is 11.9 Å². The van der Waals surface area contributed by atoms with Gasteiger partial charge in [0.25, 0.3) is 0 Å². The van der Waals surface area contributed by atoms with Crippen molar-refractivity contribution in [3.63, 3.8) is 0 Å². The number of benzene rings is 1. The van der Waals surface area contributed by atoms with Crippen molar-refractivity contribution in [3.8, 4) is 5.75 Å². The van der Waals surface area contributed by atoms with E-state index in [1.54, 1.807) is 12.1 Å². The monoisotopic (exact) mass is 210 g/mol. The van der Waals surface area contributed by atoms with Crippen molar-refractivity contribution in [2.75, 3.05) is 13.2 Å². The van der Waals surface area contributed by atoms with Gasteiger partial charge in [0.2, 0.25) is 0 Å². The van der Waals surface area contributed by atoms with Gasteiger partial charge >= 0.3 is 0 Å². The minimum absolute atomic E-state index is 0.00786. The molecule has 2 atom stereocenters. The molecule has 0 aliphatic carbocycles. The van der Waals surface area contributed by atoms with Crippen molar-refractivity contribution in [2.24, 2.45) is 0 Å². The van der Waals surface area contributed by atoms with Gasteiger partial charge in [-0.2, -0.15) is 0 Å². The zero-order valence-electron chi connectivity index (χ0n) is 8.30. The normalized spacial score (nSPS) is 25.7. The van der Waals surface area contributed by atoms with Crippen LogP contribution >= 0.6 is 0 Å². The summed E-state index contributed by atoms with van der Waals surface area (Å²) in [6.45, 7) is 0.436. The molecule has 82 valence electrons. The topological polar surface area (TPSA) is 58.9 Å². The SMILES string of the molecule is OCC1COC(Cc2ccc(O)cc2)O1. The molecule has 1 aliphatic rings. The average Bonchev–Trinajstić information content (AvgIpc) is 2.69. The van der Waals surface area contributed by atoms with Gasteiger partial charge in [-0.1, -0.05) is 12.1 Å². The Morgan fingerprint density at radius 1 is 1.27 bits per heavy atom. The number of phenols is 1. The number of hydrogen-bond acceptors (Lipinski definition) is 4. The Morgan fingerprint density at radius 2 is 2.00 bits per heavy atom. The largest absolute Gasteiger partial charge is 0.508 e. The number of ether oxygens (including phenoxy) is 2. The second-order valence-corrected chi connectivity index (χ2v) is 3.57. The summed E-state index contributed by atoms with van der Waals surface area (Å²) in [6, 6.07) is 6.92. The van der Waals surface area contributed by atoms with E-state index in [0.29, 0.717) is 13.0 Å². The third-order valence-corrected chi connectivity index (χ3v) is 2.35. The maximum atomic E-state index is 9.10. The van der Waals surface area contributed by atoms with Gasteiger partial charge in [-0.3, -0.25) is 0 Å². The summed E-state index contributed by atoms with van der Waals surface area (Å²) < 4.78 is 10.8. The van der Waals surface area contributed by atoms with E-state index < -0.39 is 0 Å². The molecule has 1 aromatic carbocycles. The molecular weight excluding hydrogens is 196 g/mol. The van der Waals surface area contributed by atoms with Crippen LogP contribution in [0.4, 0.5) is 0 Å². The fraction of sp³-hybridized carbons (Fsp3) is 0.455. The lowest BCUT2D eigenvalue weighted by atomic mass is 10.1. The van der Waals surface area contributed by atoms with E-state index in [1.165, 1.54) is 0 Å². The molecule has 2 N–H and O–H groups in total. The molecule has 0 saturated carbocycles. The van der Waals surface area contributed by atoms with Crippen molar-refractivity contribution in [3.05, 3.63) is 29.8 Å². The molecule has 2 unspecified atom stereocenters. The maximum Gasteiger partial charge on any atom is 0.162 e. The van der Waals surface area contributed by atoms with E-state index in [-0.39, 0.29) is 24.8 Å². The molecule has 1 aromatic rings. The lowest BCUT2D eigenvalue weighted by molar-refractivity contribution is -0.0632. The molecular formula is C11H14O4. The average molecular weight is 210 g/mol. The third kappa shape index (κ3) is 2.68. The van der Waals surface area contributed by atoms with Crippen molar-refractivity contribution in [1.29, 1.82) is 0 Å². The summed E-state index contributed by atoms with van der Waals surface area (Å²) in [5.74, 6) is 0.250. The first-order chi connectivity index (χ1) is 7.28. The summed E-state index contributed by atoms with van der Waals surface area (Å²) in [5.41, 5.74) is 1.04. The predicted octanol–water partition coefficient (Wildman–Crippen LogP) is 0.668. The highest BCUT2D eigenvalue weighted by atomic mass is 16.7. The molecule has 0 amide bonds. The summed E-state index contributed by atoms with van der Waals surface area (Å²) in [7, 11) is 0. The van der Waals surface area contributed by atoms with Gasteiger partial charge in [-0.05, 0) is 17.7 Å². The molecule has 4 nitrogen and oxygen atoms in total. The summed E-state index contributed by atoms with van der Waals surface area (Å²) in [6.07, 6.45) is 0.148. The second-order valence-electron chi connectivity index (χ2n) is 3.57. The second kappa shape index (κ2) is 4.61. The Morgan fingerprint density at radius 3 is 2.60 bits per heavy atom. The van der Waals surface area contributed by atoms with Crippen molar-refractivity contribution in [1.82, 2.24) is 0 Å². The number of aliphatic hydroxyl groups is 1. The van der Waals surface area contributed by atoms with E-state index in [1.807, 2.05) is 12.1 Å². The van der Waals surface area contributed by atoms with E-state index in [0.717, 1.165) is 5.56 Å². The number of aliphatic hydroxyl groups excluding tert-OH is 1. The maximum absolute atomic E-state index is 9.10. The van der Waals surface area contributed by atoms with E-state index in [2.05, 4.69) is 0 Å². The highest BCUT2D eigenvalue weighted by Crippen LogP contribution is 2.17. The Kier molecular flexibility index (Phi) is 3.20. The van der Waals surface area contributed by atoms with Gasteiger partial charge in [-0.25, -0.2) is 0 Å². The fourth-order valence-electron chi connectivity index (χ4n) is 1.54. The first-order valence-corrected chi connectivity index (χ1v) is 4.94. The van der Waals surface area contributed by atoms with Crippen molar-refractivity contribution < 1.29 is 19.7 Å². The number of hydrogen-bond donors (Lipinski definition) is 2. The number of aromatic hydroxyl groups is 1. The third-order valence-electron chi connectivity index (χ3n) is 2.35. The predicted molar refractivity (Wildman–Crippen MR) is 53.5 cm³/mol. The van der Waals surface area contributed by atoms with Crippen LogP contribution < -0.4 is 0 Å². The van der Waals surface area contributed by atoms with Gasteiger partial charge < -0.3 is 19.7 Å². The quantitative estimate of drug-likeness (QED) is 0.769. The molecule has 0 aromatic heterocycles. The molecule has 4 heteroatoms. The summed E-state index contributed by atoms with van der Waals surface area (Å²) >= 11 is 0. The van der Waals surface area contributed by atoms with E-state index in [4.69, 9.17) is 19.7 Å². The first kappa shape index (κ1) is 10.4. The van der Waals surface area contributed by atoms with Crippen LogP contribution in [0, 0.1) is 0 Å². The molecule has 0 radical (unpaired) electrons. The molecule has 15 heavy (non-hydrogen) atoms. The Balaban J connectivity index is 1.90. The Labute approximate surface area is 88.1 Å². The minimum atomic E-state index is -0.285. The van der Waals surface area contributed by atoms with Crippen LogP contribution in [-0.2, 0) is 15.9 Å². The fourth-order valence-corrected chi connectivity index (χ4v) is 1.54. The first-order valence-electron chi connectivity index (χ1n) is 4.94. The highest BCUT2D eigenvalue weighted by Gasteiger charge is 2.25. The number of phenolic OH excluding ortho intramolecular Hbond substituents is 1. The van der Waals surface area contributed by atoms with Crippen LogP contribution in [0.25, 0.3) is 0 Å². The van der Waals surface area contributed by atoms with Gasteiger partial charge in [-0.15, -0.1) is 0 Å². The van der Waals surface area contributed by atoms with Crippen LogP contribution in [0.3, 0.4) is 0 Å².